The zero-order valence-corrected chi connectivity index (χ0v) is 14.0. The second-order valence-corrected chi connectivity index (χ2v) is 7.18. The predicted octanol–water partition coefficient (Wildman–Crippen LogP) is 5.01. The molecule has 0 N–H and O–H groups in total. The summed E-state index contributed by atoms with van der Waals surface area (Å²) in [7, 11) is 0. The third-order valence-electron chi connectivity index (χ3n) is 5.02. The van der Waals surface area contributed by atoms with Gasteiger partial charge in [-0.15, -0.1) is 11.6 Å². The van der Waals surface area contributed by atoms with Crippen molar-refractivity contribution in [2.75, 3.05) is 0 Å². The Bertz CT molecular complexity index is 639. The van der Waals surface area contributed by atoms with E-state index in [0.29, 0.717) is 5.41 Å². The number of imidazole rings is 1. The topological polar surface area (TPSA) is 30.7 Å². The third-order valence-corrected chi connectivity index (χ3v) is 5.22. The van der Waals surface area contributed by atoms with Crippen LogP contribution in [0.1, 0.15) is 62.8 Å². The van der Waals surface area contributed by atoms with Gasteiger partial charge in [-0.25, -0.2) is 9.97 Å². The van der Waals surface area contributed by atoms with Crippen molar-refractivity contribution in [1.82, 2.24) is 14.5 Å². The maximum Gasteiger partial charge on any atom is 0.160 e. The first-order valence-corrected chi connectivity index (χ1v) is 8.46. The van der Waals surface area contributed by atoms with E-state index in [0.717, 1.165) is 29.2 Å². The summed E-state index contributed by atoms with van der Waals surface area (Å²) in [6, 6.07) is 4.08. The van der Waals surface area contributed by atoms with Crippen LogP contribution in [0, 0.1) is 12.3 Å². The fraction of sp³-hybridized carbons (Fsp3) is 0.647. The van der Waals surface area contributed by atoms with Crippen LogP contribution in [-0.2, 0) is 6.54 Å². The first-order chi connectivity index (χ1) is 10.0. The van der Waals surface area contributed by atoms with Crippen LogP contribution in [0.15, 0.2) is 12.1 Å². The van der Waals surface area contributed by atoms with Gasteiger partial charge in [-0.1, -0.05) is 19.8 Å². The van der Waals surface area contributed by atoms with E-state index in [-0.39, 0.29) is 5.38 Å². The molecule has 1 atom stereocenters. The Kier molecular flexibility index (Phi) is 3.96. The smallest absolute Gasteiger partial charge is 0.160 e. The van der Waals surface area contributed by atoms with Crippen molar-refractivity contribution in [2.24, 2.45) is 5.41 Å². The lowest BCUT2D eigenvalue weighted by molar-refractivity contribution is 0.237. The number of pyridine rings is 1. The summed E-state index contributed by atoms with van der Waals surface area (Å²) in [5, 5.41) is -0.0881. The highest BCUT2D eigenvalue weighted by Crippen LogP contribution is 2.43. The SMILES string of the molecule is CCC1(Cn2c(C(C)Cl)nc3ccc(C)nc32)CCCC1. The molecule has 0 amide bonds. The second kappa shape index (κ2) is 5.60. The standard InChI is InChI=1S/C17H24ClN3/c1-4-17(9-5-6-10-17)11-21-15(13(3)18)20-14-8-7-12(2)19-16(14)21/h7-8,13H,4-6,9-11H2,1-3H3. The quantitative estimate of drug-likeness (QED) is 0.743. The van der Waals surface area contributed by atoms with E-state index in [1.165, 1.54) is 32.1 Å². The van der Waals surface area contributed by atoms with Crippen molar-refractivity contribution in [1.29, 1.82) is 0 Å². The van der Waals surface area contributed by atoms with Gasteiger partial charge in [0.1, 0.15) is 11.3 Å². The van der Waals surface area contributed by atoms with Crippen molar-refractivity contribution in [3.8, 4) is 0 Å². The normalized spacial score (nSPS) is 19.2. The van der Waals surface area contributed by atoms with Crippen LogP contribution in [-0.4, -0.2) is 14.5 Å². The van der Waals surface area contributed by atoms with Crippen LogP contribution in [0.5, 0.6) is 0 Å². The van der Waals surface area contributed by atoms with Gasteiger partial charge in [0.05, 0.1) is 5.38 Å². The molecular formula is C17H24ClN3. The zero-order valence-electron chi connectivity index (χ0n) is 13.2. The van der Waals surface area contributed by atoms with E-state index >= 15 is 0 Å². The van der Waals surface area contributed by atoms with Crippen LogP contribution >= 0.6 is 11.6 Å². The van der Waals surface area contributed by atoms with Crippen LogP contribution in [0.2, 0.25) is 0 Å². The Morgan fingerprint density at radius 1 is 1.29 bits per heavy atom. The molecule has 2 heterocycles. The summed E-state index contributed by atoms with van der Waals surface area (Å²) in [4.78, 5) is 9.46. The van der Waals surface area contributed by atoms with Gasteiger partial charge in [0, 0.05) is 12.2 Å². The largest absolute Gasteiger partial charge is 0.311 e. The van der Waals surface area contributed by atoms with Crippen molar-refractivity contribution in [2.45, 2.75) is 64.8 Å². The lowest BCUT2D eigenvalue weighted by Gasteiger charge is -2.29. The van der Waals surface area contributed by atoms with Gasteiger partial charge in [-0.2, -0.15) is 0 Å². The number of hydrogen-bond donors (Lipinski definition) is 0. The molecule has 1 fully saturated rings. The molecule has 0 aliphatic heterocycles. The van der Waals surface area contributed by atoms with E-state index in [9.17, 15) is 0 Å². The van der Waals surface area contributed by atoms with Crippen molar-refractivity contribution in [3.05, 3.63) is 23.7 Å². The molecule has 1 saturated carbocycles. The number of alkyl halides is 1. The molecule has 0 spiro atoms. The molecular weight excluding hydrogens is 282 g/mol. The summed E-state index contributed by atoms with van der Waals surface area (Å²) in [6.45, 7) is 7.35. The van der Waals surface area contributed by atoms with E-state index in [1.54, 1.807) is 0 Å². The highest BCUT2D eigenvalue weighted by Gasteiger charge is 2.34. The van der Waals surface area contributed by atoms with E-state index < -0.39 is 0 Å². The van der Waals surface area contributed by atoms with Gasteiger partial charge in [0.15, 0.2) is 5.65 Å². The molecule has 114 valence electrons. The minimum atomic E-state index is -0.0881. The molecule has 0 bridgehead atoms. The molecule has 1 aliphatic carbocycles. The summed E-state index contributed by atoms with van der Waals surface area (Å²) in [6.07, 6.45) is 6.53. The number of nitrogens with zero attached hydrogens (tertiary/aromatic N) is 3. The minimum Gasteiger partial charge on any atom is -0.311 e. The molecule has 3 nitrogen and oxygen atoms in total. The molecule has 0 aromatic carbocycles. The monoisotopic (exact) mass is 305 g/mol. The molecule has 0 radical (unpaired) electrons. The van der Waals surface area contributed by atoms with Crippen molar-refractivity contribution in [3.63, 3.8) is 0 Å². The average molecular weight is 306 g/mol. The van der Waals surface area contributed by atoms with Gasteiger partial charge in [0.2, 0.25) is 0 Å². The number of hydrogen-bond acceptors (Lipinski definition) is 2. The molecule has 1 unspecified atom stereocenters. The van der Waals surface area contributed by atoms with Gasteiger partial charge in [0.25, 0.3) is 0 Å². The van der Waals surface area contributed by atoms with Gasteiger partial charge >= 0.3 is 0 Å². The van der Waals surface area contributed by atoms with Crippen molar-refractivity contribution >= 4 is 22.8 Å². The summed E-state index contributed by atoms with van der Waals surface area (Å²) >= 11 is 6.38. The molecule has 0 saturated heterocycles. The molecule has 21 heavy (non-hydrogen) atoms. The lowest BCUT2D eigenvalue weighted by Crippen LogP contribution is -2.24. The minimum absolute atomic E-state index is 0.0881. The summed E-state index contributed by atoms with van der Waals surface area (Å²) in [5.74, 6) is 0.962. The van der Waals surface area contributed by atoms with Gasteiger partial charge < -0.3 is 4.57 Å². The summed E-state index contributed by atoms with van der Waals surface area (Å²) < 4.78 is 2.29. The first kappa shape index (κ1) is 14.8. The Labute approximate surface area is 131 Å². The molecule has 2 aromatic rings. The number of rotatable bonds is 4. The third kappa shape index (κ3) is 2.68. The number of fused-ring (bicyclic) bond motifs is 1. The fourth-order valence-electron chi connectivity index (χ4n) is 3.66. The van der Waals surface area contributed by atoms with Crippen LogP contribution in [0.25, 0.3) is 11.2 Å². The van der Waals surface area contributed by atoms with Crippen LogP contribution < -0.4 is 0 Å². The average Bonchev–Trinajstić information content (AvgIpc) is 3.05. The summed E-state index contributed by atoms with van der Waals surface area (Å²) in [5.41, 5.74) is 3.40. The van der Waals surface area contributed by atoms with Crippen LogP contribution in [0.4, 0.5) is 0 Å². The first-order valence-electron chi connectivity index (χ1n) is 8.02. The van der Waals surface area contributed by atoms with Crippen LogP contribution in [0.3, 0.4) is 0 Å². The number of halogens is 1. The van der Waals surface area contributed by atoms with Gasteiger partial charge in [-0.05, 0) is 50.7 Å². The molecule has 4 heteroatoms. The molecule has 1 aliphatic rings. The maximum atomic E-state index is 6.38. The van der Waals surface area contributed by atoms with Gasteiger partial charge in [-0.3, -0.25) is 0 Å². The molecule has 3 rings (SSSR count). The predicted molar refractivity (Wildman–Crippen MR) is 87.7 cm³/mol. The van der Waals surface area contributed by atoms with E-state index in [4.69, 9.17) is 21.6 Å². The van der Waals surface area contributed by atoms with E-state index in [1.807, 2.05) is 19.9 Å². The fourth-order valence-corrected chi connectivity index (χ4v) is 3.82. The number of aromatic nitrogens is 3. The maximum absolute atomic E-state index is 6.38. The Morgan fingerprint density at radius 2 is 2.00 bits per heavy atom. The number of aryl methyl sites for hydroxylation is 1. The Balaban J connectivity index is 2.10. The Morgan fingerprint density at radius 3 is 2.62 bits per heavy atom. The Hall–Kier alpha value is -1.09. The van der Waals surface area contributed by atoms with E-state index in [2.05, 4.69) is 17.6 Å². The van der Waals surface area contributed by atoms with Crippen molar-refractivity contribution < 1.29 is 0 Å². The lowest BCUT2D eigenvalue weighted by atomic mass is 9.83. The highest BCUT2D eigenvalue weighted by molar-refractivity contribution is 6.20. The second-order valence-electron chi connectivity index (χ2n) is 6.53. The molecule has 2 aromatic heterocycles. The highest BCUT2D eigenvalue weighted by atomic mass is 35.5. The zero-order chi connectivity index (χ0) is 15.0.